The van der Waals surface area contributed by atoms with Gasteiger partial charge in [0.15, 0.2) is 6.10 Å². The molecule has 1 heterocycles. The lowest BCUT2D eigenvalue weighted by Gasteiger charge is -2.18. The molecule has 0 bridgehead atoms. The van der Waals surface area contributed by atoms with Crippen LogP contribution in [-0.2, 0) is 28.5 Å². The predicted molar refractivity (Wildman–Crippen MR) is 104 cm³/mol. The molecule has 1 saturated heterocycles. The Morgan fingerprint density at radius 1 is 0.929 bits per heavy atom. The minimum Gasteiger partial charge on any atom is -0.491 e. The molecule has 1 aliphatic rings. The number of hydrogen-bond donors (Lipinski definition) is 0. The van der Waals surface area contributed by atoms with Crippen LogP contribution in [0.2, 0.25) is 0 Å². The van der Waals surface area contributed by atoms with Crippen molar-refractivity contribution in [3.05, 3.63) is 29.8 Å². The van der Waals surface area contributed by atoms with Crippen molar-refractivity contribution in [2.45, 2.75) is 45.5 Å². The zero-order valence-electron chi connectivity index (χ0n) is 17.3. The third kappa shape index (κ3) is 8.56. The van der Waals surface area contributed by atoms with E-state index in [-0.39, 0.29) is 12.1 Å². The van der Waals surface area contributed by atoms with Gasteiger partial charge in [-0.25, -0.2) is 4.79 Å². The maximum Gasteiger partial charge on any atom is 0.338 e. The number of carbonyl (C=O) groups excluding carboxylic acids is 1. The molecular formula is C21H32O7. The summed E-state index contributed by atoms with van der Waals surface area (Å²) >= 11 is 0. The molecule has 1 aliphatic heterocycles. The number of esters is 1. The van der Waals surface area contributed by atoms with E-state index in [0.29, 0.717) is 46.2 Å². The molecule has 0 amide bonds. The highest BCUT2D eigenvalue weighted by Crippen LogP contribution is 2.40. The van der Waals surface area contributed by atoms with Crippen molar-refractivity contribution in [2.75, 3.05) is 46.2 Å². The highest BCUT2D eigenvalue weighted by Gasteiger charge is 2.48. The number of hydrogen-bond acceptors (Lipinski definition) is 7. The number of benzene rings is 1. The molecule has 1 aromatic rings. The van der Waals surface area contributed by atoms with E-state index in [1.807, 2.05) is 52.0 Å². The van der Waals surface area contributed by atoms with Gasteiger partial charge in [-0.3, -0.25) is 0 Å². The monoisotopic (exact) mass is 396 g/mol. The van der Waals surface area contributed by atoms with E-state index >= 15 is 0 Å². The largest absolute Gasteiger partial charge is 0.491 e. The smallest absolute Gasteiger partial charge is 0.338 e. The molecule has 0 aromatic heterocycles. The average molecular weight is 396 g/mol. The topological polar surface area (TPSA) is 75.8 Å². The fourth-order valence-corrected chi connectivity index (χ4v) is 2.46. The summed E-state index contributed by atoms with van der Waals surface area (Å²) in [7, 11) is 0. The van der Waals surface area contributed by atoms with Crippen LogP contribution in [0.15, 0.2) is 24.3 Å². The van der Waals surface area contributed by atoms with Gasteiger partial charge < -0.3 is 28.4 Å². The molecule has 158 valence electrons. The van der Waals surface area contributed by atoms with Crippen LogP contribution >= 0.6 is 0 Å². The van der Waals surface area contributed by atoms with Gasteiger partial charge in [-0.2, -0.15) is 0 Å². The van der Waals surface area contributed by atoms with Crippen LogP contribution in [0.3, 0.4) is 0 Å². The van der Waals surface area contributed by atoms with Gasteiger partial charge in [0.05, 0.1) is 33.0 Å². The van der Waals surface area contributed by atoms with E-state index in [2.05, 4.69) is 0 Å². The summed E-state index contributed by atoms with van der Waals surface area (Å²) in [6.07, 6.45) is -0.759. The van der Waals surface area contributed by atoms with Crippen molar-refractivity contribution in [2.24, 2.45) is 0 Å². The van der Waals surface area contributed by atoms with Crippen molar-refractivity contribution in [3.63, 3.8) is 0 Å². The zero-order valence-corrected chi connectivity index (χ0v) is 17.3. The Morgan fingerprint density at radius 2 is 1.50 bits per heavy atom. The molecule has 0 aliphatic carbocycles. The maximum atomic E-state index is 12.0. The first-order valence-corrected chi connectivity index (χ1v) is 9.75. The van der Waals surface area contributed by atoms with Crippen molar-refractivity contribution in [1.82, 2.24) is 0 Å². The zero-order chi connectivity index (χ0) is 20.4. The van der Waals surface area contributed by atoms with E-state index in [1.165, 1.54) is 0 Å². The molecule has 0 radical (unpaired) electrons. The van der Waals surface area contributed by atoms with Crippen molar-refractivity contribution in [3.8, 4) is 5.75 Å². The Kier molecular flexibility index (Phi) is 9.18. The molecule has 7 nitrogen and oxygen atoms in total. The van der Waals surface area contributed by atoms with Gasteiger partial charge in [0.1, 0.15) is 24.1 Å². The summed E-state index contributed by atoms with van der Waals surface area (Å²) < 4.78 is 32.4. The van der Waals surface area contributed by atoms with Crippen LogP contribution in [0.25, 0.3) is 0 Å². The quantitative estimate of drug-likeness (QED) is 0.288. The molecule has 0 N–H and O–H groups in total. The van der Waals surface area contributed by atoms with E-state index in [9.17, 15) is 4.79 Å². The Bertz CT molecular complexity index is 579. The third-order valence-electron chi connectivity index (χ3n) is 3.78. The molecule has 2 atom stereocenters. The number of carbonyl (C=O) groups is 1. The van der Waals surface area contributed by atoms with Crippen LogP contribution in [0.5, 0.6) is 5.75 Å². The molecule has 2 rings (SSSR count). The van der Waals surface area contributed by atoms with Crippen LogP contribution in [0.4, 0.5) is 0 Å². The van der Waals surface area contributed by atoms with Crippen LogP contribution in [-0.4, -0.2) is 63.9 Å². The number of rotatable bonds is 13. The van der Waals surface area contributed by atoms with E-state index in [4.69, 9.17) is 28.4 Å². The standard InChI is InChI=1S/C21H32O7/c1-5-23-10-11-24-12-13-25-14-15-26-17-8-6-16(7-9-17)18-19(27-18)20(22)28-21(2,3)4/h6-9,18-19H,5,10-15H2,1-4H3. The second-order valence-corrected chi connectivity index (χ2v) is 7.35. The van der Waals surface area contributed by atoms with Crippen molar-refractivity contribution >= 4 is 5.97 Å². The summed E-state index contributed by atoms with van der Waals surface area (Å²) in [6.45, 7) is 11.4. The van der Waals surface area contributed by atoms with Gasteiger partial charge in [-0.15, -0.1) is 0 Å². The van der Waals surface area contributed by atoms with E-state index in [1.54, 1.807) is 0 Å². The van der Waals surface area contributed by atoms with Gasteiger partial charge in [0.2, 0.25) is 0 Å². The number of epoxide rings is 1. The lowest BCUT2D eigenvalue weighted by Crippen LogP contribution is -2.26. The molecule has 2 unspecified atom stereocenters. The lowest BCUT2D eigenvalue weighted by molar-refractivity contribution is -0.156. The molecule has 0 spiro atoms. The molecule has 0 saturated carbocycles. The van der Waals surface area contributed by atoms with Crippen molar-refractivity contribution in [1.29, 1.82) is 0 Å². The minimum absolute atomic E-state index is 0.241. The fourth-order valence-electron chi connectivity index (χ4n) is 2.46. The highest BCUT2D eigenvalue weighted by atomic mass is 16.6. The van der Waals surface area contributed by atoms with Gasteiger partial charge in [-0.05, 0) is 45.4 Å². The lowest BCUT2D eigenvalue weighted by atomic mass is 10.1. The van der Waals surface area contributed by atoms with E-state index < -0.39 is 11.7 Å². The third-order valence-corrected chi connectivity index (χ3v) is 3.78. The van der Waals surface area contributed by atoms with Crippen molar-refractivity contribution < 1.29 is 33.2 Å². The van der Waals surface area contributed by atoms with Gasteiger partial charge >= 0.3 is 5.97 Å². The minimum atomic E-state index is -0.518. The second-order valence-electron chi connectivity index (χ2n) is 7.35. The molecule has 1 fully saturated rings. The van der Waals surface area contributed by atoms with Crippen LogP contribution < -0.4 is 4.74 Å². The Balaban J connectivity index is 1.57. The molecule has 7 heteroatoms. The first-order valence-electron chi connectivity index (χ1n) is 9.75. The molecule has 28 heavy (non-hydrogen) atoms. The first kappa shape index (κ1) is 22.6. The summed E-state index contributed by atoms with van der Waals surface area (Å²) in [6, 6.07) is 7.52. The SMILES string of the molecule is CCOCCOCCOCCOc1ccc(C2OC2C(=O)OC(C)(C)C)cc1. The Hall–Kier alpha value is -1.67. The van der Waals surface area contributed by atoms with E-state index in [0.717, 1.165) is 11.3 Å². The van der Waals surface area contributed by atoms with Gasteiger partial charge in [0.25, 0.3) is 0 Å². The molecule has 1 aromatic carbocycles. The summed E-state index contributed by atoms with van der Waals surface area (Å²) in [5.74, 6) is 0.423. The fraction of sp³-hybridized carbons (Fsp3) is 0.667. The summed E-state index contributed by atoms with van der Waals surface area (Å²) in [4.78, 5) is 12.0. The molecular weight excluding hydrogens is 364 g/mol. The highest BCUT2D eigenvalue weighted by molar-refractivity contribution is 5.78. The first-order chi connectivity index (χ1) is 13.4. The van der Waals surface area contributed by atoms with Gasteiger partial charge in [0, 0.05) is 6.61 Å². The summed E-state index contributed by atoms with van der Waals surface area (Å²) in [5, 5.41) is 0. The Labute approximate surface area is 167 Å². The normalized spacial score (nSPS) is 18.7. The second kappa shape index (κ2) is 11.4. The van der Waals surface area contributed by atoms with Crippen LogP contribution in [0.1, 0.15) is 39.4 Å². The van der Waals surface area contributed by atoms with Gasteiger partial charge in [-0.1, -0.05) is 12.1 Å². The Morgan fingerprint density at radius 3 is 2.07 bits per heavy atom. The predicted octanol–water partition coefficient (Wildman–Crippen LogP) is 2.92. The summed E-state index contributed by atoms with van der Waals surface area (Å²) in [5.41, 5.74) is 0.423. The maximum absolute atomic E-state index is 12.0. The van der Waals surface area contributed by atoms with Crippen LogP contribution in [0, 0.1) is 0 Å². The average Bonchev–Trinajstić information content (AvgIpc) is 3.43. The number of ether oxygens (including phenoxy) is 6.